The first-order valence-corrected chi connectivity index (χ1v) is 13.7. The second-order valence-electron chi connectivity index (χ2n) is 8.65. The Bertz CT molecular complexity index is 1370. The molecule has 0 spiro atoms. The number of rotatable bonds is 8. The van der Waals surface area contributed by atoms with Gasteiger partial charge in [-0.1, -0.05) is 72.4 Å². The molecule has 1 aliphatic rings. The van der Waals surface area contributed by atoms with Crippen LogP contribution < -0.4 is 10.6 Å². The molecule has 2 heterocycles. The molecule has 0 saturated heterocycles. The molecule has 4 aromatic rings. The smallest absolute Gasteiger partial charge is 0.254 e. The van der Waals surface area contributed by atoms with Gasteiger partial charge in [-0.2, -0.15) is 0 Å². The molecular formula is C27H27N5O2S2. The summed E-state index contributed by atoms with van der Waals surface area (Å²) in [7, 11) is 1.89. The minimum Gasteiger partial charge on any atom is -0.348 e. The second-order valence-corrected chi connectivity index (χ2v) is 10.7. The van der Waals surface area contributed by atoms with E-state index in [1.54, 1.807) is 0 Å². The van der Waals surface area contributed by atoms with Crippen LogP contribution in [0.25, 0.3) is 11.4 Å². The maximum absolute atomic E-state index is 13.2. The highest BCUT2D eigenvalue weighted by Gasteiger charge is 2.26. The van der Waals surface area contributed by atoms with E-state index in [2.05, 4.69) is 20.8 Å². The van der Waals surface area contributed by atoms with Crippen LogP contribution in [0.2, 0.25) is 0 Å². The lowest BCUT2D eigenvalue weighted by Crippen LogP contribution is -2.25. The first-order chi connectivity index (χ1) is 17.6. The maximum atomic E-state index is 13.2. The van der Waals surface area contributed by atoms with Crippen molar-refractivity contribution in [1.29, 1.82) is 0 Å². The molecule has 0 unspecified atom stereocenters. The number of nitrogens with zero attached hydrogens (tertiary/aromatic N) is 3. The van der Waals surface area contributed by atoms with Crippen LogP contribution in [-0.4, -0.2) is 32.3 Å². The van der Waals surface area contributed by atoms with Gasteiger partial charge in [0.05, 0.1) is 11.3 Å². The van der Waals surface area contributed by atoms with Crippen LogP contribution in [0, 0.1) is 0 Å². The number of carbonyl (C=O) groups excluding carboxylic acids is 2. The molecule has 5 rings (SSSR count). The number of aromatic nitrogens is 3. The number of hydrogen-bond acceptors (Lipinski definition) is 6. The molecule has 0 saturated carbocycles. The van der Waals surface area contributed by atoms with Crippen molar-refractivity contribution in [3.05, 3.63) is 82.2 Å². The Kier molecular flexibility index (Phi) is 7.48. The number of benzene rings is 2. The van der Waals surface area contributed by atoms with Crippen molar-refractivity contribution in [3.8, 4) is 11.4 Å². The molecular weight excluding hydrogens is 490 g/mol. The second kappa shape index (κ2) is 11.1. The average Bonchev–Trinajstić information content (AvgIpc) is 3.46. The van der Waals surface area contributed by atoms with Gasteiger partial charge < -0.3 is 15.2 Å². The van der Waals surface area contributed by atoms with E-state index < -0.39 is 0 Å². The molecule has 184 valence electrons. The van der Waals surface area contributed by atoms with Gasteiger partial charge in [-0.25, -0.2) is 0 Å². The van der Waals surface area contributed by atoms with Gasteiger partial charge in [-0.05, 0) is 36.8 Å². The van der Waals surface area contributed by atoms with Gasteiger partial charge in [-0.3, -0.25) is 9.59 Å². The molecule has 2 aromatic heterocycles. The zero-order valence-corrected chi connectivity index (χ0v) is 21.6. The number of aryl methyl sites for hydroxylation is 1. The zero-order chi connectivity index (χ0) is 24.9. The molecule has 9 heteroatoms. The number of thioether (sulfide) groups is 1. The highest BCUT2D eigenvalue weighted by atomic mass is 32.2. The lowest BCUT2D eigenvalue weighted by atomic mass is 9.95. The van der Waals surface area contributed by atoms with E-state index in [9.17, 15) is 9.59 Å². The summed E-state index contributed by atoms with van der Waals surface area (Å²) in [5.74, 6) is 0.623. The van der Waals surface area contributed by atoms with E-state index in [1.165, 1.54) is 28.0 Å². The largest absolute Gasteiger partial charge is 0.348 e. The number of hydrogen-bond donors (Lipinski definition) is 2. The number of carbonyl (C=O) groups is 2. The Labute approximate surface area is 218 Å². The summed E-state index contributed by atoms with van der Waals surface area (Å²) in [5.41, 5.74) is 3.71. The maximum Gasteiger partial charge on any atom is 0.254 e. The number of amides is 2. The van der Waals surface area contributed by atoms with E-state index in [4.69, 9.17) is 0 Å². The fourth-order valence-electron chi connectivity index (χ4n) is 4.33. The summed E-state index contributed by atoms with van der Waals surface area (Å²) in [4.78, 5) is 27.4. The van der Waals surface area contributed by atoms with Crippen LogP contribution in [0.5, 0.6) is 0 Å². The predicted octanol–water partition coefficient (Wildman–Crippen LogP) is 5.08. The Morgan fingerprint density at radius 3 is 2.50 bits per heavy atom. The molecule has 0 radical (unpaired) electrons. The first-order valence-electron chi connectivity index (χ1n) is 11.9. The van der Waals surface area contributed by atoms with Gasteiger partial charge in [0.1, 0.15) is 5.00 Å². The molecule has 36 heavy (non-hydrogen) atoms. The van der Waals surface area contributed by atoms with E-state index in [-0.39, 0.29) is 17.6 Å². The summed E-state index contributed by atoms with van der Waals surface area (Å²) in [6, 6.07) is 19.7. The van der Waals surface area contributed by atoms with Crippen LogP contribution in [0.4, 0.5) is 5.00 Å². The topological polar surface area (TPSA) is 88.9 Å². The van der Waals surface area contributed by atoms with Gasteiger partial charge in [-0.15, -0.1) is 21.5 Å². The Balaban J connectivity index is 1.27. The van der Waals surface area contributed by atoms with Crippen LogP contribution in [0.15, 0.2) is 65.8 Å². The Hall–Kier alpha value is -3.43. The van der Waals surface area contributed by atoms with Crippen LogP contribution in [-0.2, 0) is 31.2 Å². The van der Waals surface area contributed by atoms with Crippen molar-refractivity contribution in [2.75, 3.05) is 11.1 Å². The molecule has 7 nitrogen and oxygen atoms in total. The summed E-state index contributed by atoms with van der Waals surface area (Å²) in [6.07, 6.45) is 3.98. The van der Waals surface area contributed by atoms with Gasteiger partial charge in [0.2, 0.25) is 5.91 Å². The molecule has 2 aromatic carbocycles. The quantitative estimate of drug-likeness (QED) is 0.318. The third-order valence-electron chi connectivity index (χ3n) is 6.15. The van der Waals surface area contributed by atoms with Crippen molar-refractivity contribution < 1.29 is 9.59 Å². The van der Waals surface area contributed by atoms with E-state index >= 15 is 0 Å². The standard InChI is InChI=1S/C27H27N5O2S2/c1-32-24(19-12-6-3-7-13-19)30-31-27(32)35-17-22(33)29-26-23(20-14-8-9-15-21(20)36-26)25(34)28-16-18-10-4-2-5-11-18/h2-7,10-13H,8-9,14-17H2,1H3,(H,28,34)(H,29,33). The van der Waals surface area contributed by atoms with Crippen LogP contribution in [0.3, 0.4) is 0 Å². The summed E-state index contributed by atoms with van der Waals surface area (Å²) >= 11 is 2.86. The van der Waals surface area contributed by atoms with Crippen LogP contribution >= 0.6 is 23.1 Å². The minimum atomic E-state index is -0.167. The molecule has 0 bridgehead atoms. The normalized spacial score (nSPS) is 12.7. The molecule has 2 N–H and O–H groups in total. The lowest BCUT2D eigenvalue weighted by molar-refractivity contribution is -0.113. The van der Waals surface area contributed by atoms with Crippen molar-refractivity contribution in [3.63, 3.8) is 0 Å². The number of fused-ring (bicyclic) bond motifs is 1. The highest BCUT2D eigenvalue weighted by Crippen LogP contribution is 2.38. The van der Waals surface area contributed by atoms with Gasteiger partial charge in [0.15, 0.2) is 11.0 Å². The van der Waals surface area contributed by atoms with Crippen molar-refractivity contribution in [2.24, 2.45) is 7.05 Å². The van der Waals surface area contributed by atoms with Crippen LogP contribution in [0.1, 0.15) is 39.2 Å². The number of anilines is 1. The van der Waals surface area contributed by atoms with E-state index in [1.807, 2.05) is 72.3 Å². The van der Waals surface area contributed by atoms with Gasteiger partial charge >= 0.3 is 0 Å². The fourth-order valence-corrected chi connectivity index (χ4v) is 6.35. The molecule has 0 atom stereocenters. The van der Waals surface area contributed by atoms with Crippen molar-refractivity contribution in [1.82, 2.24) is 20.1 Å². The third kappa shape index (κ3) is 5.37. The third-order valence-corrected chi connectivity index (χ3v) is 8.37. The Morgan fingerprint density at radius 1 is 1.00 bits per heavy atom. The molecule has 0 aliphatic heterocycles. The fraction of sp³-hybridized carbons (Fsp3) is 0.259. The van der Waals surface area contributed by atoms with Gasteiger partial charge in [0.25, 0.3) is 5.91 Å². The molecule has 1 aliphatic carbocycles. The first kappa shape index (κ1) is 24.3. The van der Waals surface area contributed by atoms with Gasteiger partial charge in [0, 0.05) is 24.0 Å². The number of thiophene rings is 1. The predicted molar refractivity (Wildman–Crippen MR) is 144 cm³/mol. The van der Waals surface area contributed by atoms with E-state index in [0.29, 0.717) is 22.3 Å². The minimum absolute atomic E-state index is 0.137. The summed E-state index contributed by atoms with van der Waals surface area (Å²) in [5, 5.41) is 15.9. The van der Waals surface area contributed by atoms with Crippen molar-refractivity contribution in [2.45, 2.75) is 37.4 Å². The Morgan fingerprint density at radius 2 is 1.72 bits per heavy atom. The highest BCUT2D eigenvalue weighted by molar-refractivity contribution is 7.99. The van der Waals surface area contributed by atoms with Crippen molar-refractivity contribution >= 4 is 39.9 Å². The van der Waals surface area contributed by atoms with E-state index in [0.717, 1.165) is 48.2 Å². The molecule has 0 fully saturated rings. The summed E-state index contributed by atoms with van der Waals surface area (Å²) < 4.78 is 1.89. The number of nitrogens with one attached hydrogen (secondary N) is 2. The zero-order valence-electron chi connectivity index (χ0n) is 20.0. The SMILES string of the molecule is Cn1c(SCC(=O)Nc2sc3c(c2C(=O)NCc2ccccc2)CCCC3)nnc1-c1ccccc1. The average molecular weight is 518 g/mol. The molecule has 2 amide bonds. The lowest BCUT2D eigenvalue weighted by Gasteiger charge is -2.13. The summed E-state index contributed by atoms with van der Waals surface area (Å²) in [6.45, 7) is 0.448. The monoisotopic (exact) mass is 517 g/mol.